The molecule has 12 aromatic rings. The number of benzene rings is 6. The molecule has 114 heavy (non-hydrogen) atoms. The zero-order chi connectivity index (χ0) is 77.8. The number of halogens is 1. The van der Waals surface area contributed by atoms with Crippen LogP contribution in [0.5, 0.6) is 0 Å². The Morgan fingerprint density at radius 3 is 1.58 bits per heavy atom. The average Bonchev–Trinajstić information content (AvgIpc) is 1.56. The first-order valence-electron chi connectivity index (χ1n) is 39.1. The third-order valence-corrected chi connectivity index (χ3v) is 22.9. The number of rotatable bonds is 16. The van der Waals surface area contributed by atoms with Crippen LogP contribution in [0.1, 0.15) is 112 Å². The lowest BCUT2D eigenvalue weighted by molar-refractivity contribution is 0.0857. The molecule has 2 amide bonds. The first-order valence-corrected chi connectivity index (χ1v) is 39.1. The van der Waals surface area contributed by atoms with E-state index in [0.717, 1.165) is 148 Å². The predicted molar refractivity (Wildman–Crippen MR) is 441 cm³/mol. The molecular formula is C89H86FN21O3. The first kappa shape index (κ1) is 72.1. The van der Waals surface area contributed by atoms with Crippen molar-refractivity contribution in [1.29, 1.82) is 5.41 Å². The highest BCUT2D eigenvalue weighted by Crippen LogP contribution is 2.46. The van der Waals surface area contributed by atoms with Crippen LogP contribution in [-0.4, -0.2) is 121 Å². The molecule has 6 atom stereocenters. The molecule has 5 aliphatic heterocycles. The van der Waals surface area contributed by atoms with Gasteiger partial charge in [-0.15, -0.1) is 0 Å². The molecule has 8 aliphatic rings. The largest absolute Gasteiger partial charge is 0.367 e. The summed E-state index contributed by atoms with van der Waals surface area (Å²) in [4.78, 5) is 76.5. The summed E-state index contributed by atoms with van der Waals surface area (Å²) in [7, 11) is 5.36. The van der Waals surface area contributed by atoms with Crippen LogP contribution in [-0.2, 0) is 26.7 Å². The molecule has 3 aliphatic carbocycles. The summed E-state index contributed by atoms with van der Waals surface area (Å²) >= 11 is 0. The molecule has 0 radical (unpaired) electrons. The molecule has 572 valence electrons. The summed E-state index contributed by atoms with van der Waals surface area (Å²) in [6, 6.07) is 68.1. The van der Waals surface area contributed by atoms with Gasteiger partial charge in [-0.2, -0.15) is 14.6 Å². The Hall–Kier alpha value is -13.5. The summed E-state index contributed by atoms with van der Waals surface area (Å²) in [6.45, 7) is 5.55. The van der Waals surface area contributed by atoms with Gasteiger partial charge in [0.05, 0.1) is 66.4 Å². The van der Waals surface area contributed by atoms with Crippen LogP contribution in [0, 0.1) is 25.2 Å². The van der Waals surface area contributed by atoms with Crippen LogP contribution in [0.3, 0.4) is 0 Å². The number of hydrogen-bond donors (Lipinski definition) is 5. The highest BCUT2D eigenvalue weighted by molar-refractivity contribution is 6.22. The molecule has 0 unspecified atom stereocenters. The molecule has 6 aromatic heterocycles. The van der Waals surface area contributed by atoms with Gasteiger partial charge in [0, 0.05) is 73.8 Å². The van der Waals surface area contributed by atoms with Gasteiger partial charge in [-0.3, -0.25) is 58.5 Å². The van der Waals surface area contributed by atoms with Crippen LogP contribution in [0.2, 0.25) is 0 Å². The van der Waals surface area contributed by atoms with Crippen molar-refractivity contribution in [2.75, 3.05) is 39.8 Å². The third kappa shape index (κ3) is 13.7. The Balaban J connectivity index is 0.000000119. The third-order valence-electron chi connectivity index (χ3n) is 22.9. The number of nitrogens with one attached hydrogen (secondary N) is 5. The minimum absolute atomic E-state index is 0.0829. The summed E-state index contributed by atoms with van der Waals surface area (Å²) in [6.07, 6.45) is 13.3. The SMILES string of the molecule is Cc1ccc(-c2ccc(Cn3nc(Nc4ccccc4)c4c3N3C(=N[C@@H]5CCC[C@@H]53)N(C)C4=O)cc2)nc1.Cc1ccc(-c2ccc(Cn3nc4c(c3Nc3ccccc3)C(=O)N(C)C3=N[C@@H]5CCC[C@@H]5N34)cc2)nc1.Cn1c(=O)/c(=C(/NCc2ccc(-c3cccc(F)n3)cc2)Nc2ccccc2)c(=N)n2c1=N[C@@H]1CCC[C@@H]12. The van der Waals surface area contributed by atoms with Gasteiger partial charge in [0.1, 0.15) is 39.3 Å². The number of hydrogen-bond acceptors (Lipinski definition) is 18. The summed E-state index contributed by atoms with van der Waals surface area (Å²) in [5.74, 6) is 4.07. The lowest BCUT2D eigenvalue weighted by Gasteiger charge is -2.35. The second kappa shape index (κ2) is 30.3. The minimum Gasteiger partial charge on any atom is -0.367 e. The molecule has 25 heteroatoms. The van der Waals surface area contributed by atoms with Crippen molar-refractivity contribution in [3.63, 3.8) is 0 Å². The van der Waals surface area contributed by atoms with E-state index in [1.165, 1.54) is 6.07 Å². The molecule has 0 spiro atoms. The van der Waals surface area contributed by atoms with Crippen molar-refractivity contribution in [2.24, 2.45) is 22.0 Å². The Bertz CT molecular complexity index is 5980. The van der Waals surface area contributed by atoms with E-state index in [4.69, 9.17) is 30.6 Å². The lowest BCUT2D eigenvalue weighted by Crippen LogP contribution is -2.59. The number of aryl methyl sites for hydroxylation is 2. The van der Waals surface area contributed by atoms with E-state index in [-0.39, 0.29) is 64.3 Å². The quantitative estimate of drug-likeness (QED) is 0.0564. The molecule has 6 aromatic carbocycles. The normalized spacial score (nSPS) is 19.3. The molecule has 0 bridgehead atoms. The summed E-state index contributed by atoms with van der Waals surface area (Å²) in [5.41, 5.74) is 15.1. The van der Waals surface area contributed by atoms with Crippen molar-refractivity contribution in [2.45, 2.75) is 128 Å². The lowest BCUT2D eigenvalue weighted by atomic mass is 10.1. The number of pyridine rings is 3. The van der Waals surface area contributed by atoms with E-state index in [1.807, 2.05) is 182 Å². The molecule has 0 saturated heterocycles. The van der Waals surface area contributed by atoms with Gasteiger partial charge < -0.3 is 21.3 Å². The standard InChI is InChI=1S/2C30H29N7O.C29H28FN7O/c1-19-11-16-23(31-17-19)21-14-12-20(13-15-21)18-36-27(32-22-7-4-3-5-8-22)26-28(34-36)37-25-10-6-9-24(25)33-30(37)35(2)29(26)38;1-19-11-16-23(31-17-19)21-14-12-20(13-15-21)18-36-28-26(27(34-36)32-22-7-4-3-5-8-22)29(38)35(2)30-33-24-9-6-10-25(24)37(28)30;1-36-28(38)25(26(31)37-23-11-5-10-22(23)35-29(36)37)27(33-20-7-3-2-4-8-20)32-17-18-13-15-19(16-14-18)21-9-6-12-24(30)34-21/h3-5,7-8,11-17,24-25,32H,6,9-10,18H2,1-2H3;3-5,7-8,11-17,24-25H,6,9-10,18H2,1-2H3,(H,32,34);2-4,6-9,12-16,22-23,31-33H,5,10-11,17H2,1H3/b;;27-25-,31-26?/t2*24-,25+;22-,23+/m111/s1. The number of amides is 2. The van der Waals surface area contributed by atoms with E-state index < -0.39 is 5.95 Å². The van der Waals surface area contributed by atoms with E-state index in [0.29, 0.717) is 65.3 Å². The highest BCUT2D eigenvalue weighted by atomic mass is 19.1. The molecule has 20 rings (SSSR count). The summed E-state index contributed by atoms with van der Waals surface area (Å²) < 4.78 is 20.9. The first-order chi connectivity index (χ1) is 55.6. The maximum Gasteiger partial charge on any atom is 0.267 e. The fourth-order valence-corrected chi connectivity index (χ4v) is 17.0. The van der Waals surface area contributed by atoms with Gasteiger partial charge in [0.25, 0.3) is 17.4 Å². The maximum atomic E-state index is 13.7. The van der Waals surface area contributed by atoms with Crippen LogP contribution < -0.4 is 53.0 Å². The number of guanidine groups is 2. The molecule has 3 saturated carbocycles. The van der Waals surface area contributed by atoms with Gasteiger partial charge in [0.15, 0.2) is 11.6 Å². The van der Waals surface area contributed by atoms with Crippen molar-refractivity contribution < 1.29 is 14.0 Å². The molecular weight excluding hydrogens is 1430 g/mol. The fraction of sp³-hybridized carbons (Fsp3) is 0.258. The number of para-hydroxylation sites is 3. The van der Waals surface area contributed by atoms with E-state index in [1.54, 1.807) is 33.5 Å². The van der Waals surface area contributed by atoms with Crippen molar-refractivity contribution >= 4 is 69.9 Å². The number of nitrogens with zero attached hydrogens (tertiary/aromatic N) is 16. The van der Waals surface area contributed by atoms with Crippen molar-refractivity contribution in [3.05, 3.63) is 290 Å². The molecule has 11 heterocycles. The van der Waals surface area contributed by atoms with E-state index >= 15 is 0 Å². The second-order valence-electron chi connectivity index (χ2n) is 30.4. The number of aromatic nitrogens is 9. The van der Waals surface area contributed by atoms with Crippen LogP contribution >= 0.6 is 0 Å². The van der Waals surface area contributed by atoms with Crippen molar-refractivity contribution in [3.8, 4) is 33.8 Å². The Kier molecular flexibility index (Phi) is 19.2. The topological polar surface area (TPSA) is 257 Å². The van der Waals surface area contributed by atoms with Crippen molar-refractivity contribution in [1.82, 2.24) is 58.8 Å². The van der Waals surface area contributed by atoms with E-state index in [9.17, 15) is 18.8 Å². The molecule has 3 fully saturated rings. The van der Waals surface area contributed by atoms with Crippen LogP contribution in [0.4, 0.5) is 44.7 Å². The predicted octanol–water partition coefficient (Wildman–Crippen LogP) is 13.0. The Labute approximate surface area is 658 Å². The van der Waals surface area contributed by atoms with Crippen LogP contribution in [0.25, 0.3) is 39.6 Å². The second-order valence-corrected chi connectivity index (χ2v) is 30.4. The Morgan fingerprint density at radius 2 is 1.01 bits per heavy atom. The number of anilines is 7. The van der Waals surface area contributed by atoms with Crippen LogP contribution in [0.15, 0.2) is 238 Å². The zero-order valence-electron chi connectivity index (χ0n) is 64.0. The number of carbonyl (C=O) groups excluding carboxylic acids is 2. The van der Waals surface area contributed by atoms with E-state index in [2.05, 4.69) is 107 Å². The smallest absolute Gasteiger partial charge is 0.267 e. The van der Waals surface area contributed by atoms with Gasteiger partial charge in [-0.1, -0.05) is 146 Å². The maximum absolute atomic E-state index is 13.7. The number of fused-ring (bicyclic) bond motifs is 13. The van der Waals surface area contributed by atoms with Gasteiger partial charge in [-0.25, -0.2) is 29.3 Å². The summed E-state index contributed by atoms with van der Waals surface area (Å²) in [5, 5.41) is 33.1. The van der Waals surface area contributed by atoms with Gasteiger partial charge in [-0.05, 0) is 160 Å². The number of carbonyl (C=O) groups is 2. The fourth-order valence-electron chi connectivity index (χ4n) is 17.0. The van der Waals surface area contributed by atoms with Gasteiger partial charge >= 0.3 is 0 Å². The average molecular weight is 1520 g/mol. The zero-order valence-corrected chi connectivity index (χ0v) is 64.0. The number of aliphatic imine (C=N–C) groups is 2. The van der Waals surface area contributed by atoms with Gasteiger partial charge in [0.2, 0.25) is 23.5 Å². The molecule has 5 N–H and O–H groups in total. The highest BCUT2D eigenvalue weighted by Gasteiger charge is 2.51. The Morgan fingerprint density at radius 1 is 0.500 bits per heavy atom. The monoisotopic (exact) mass is 1520 g/mol. The molecule has 24 nitrogen and oxygen atoms in total. The minimum atomic E-state index is -0.517.